The van der Waals surface area contributed by atoms with Crippen molar-refractivity contribution in [2.75, 3.05) is 19.8 Å². The van der Waals surface area contributed by atoms with Gasteiger partial charge in [0.15, 0.2) is 0 Å². The third kappa shape index (κ3) is 4.88. The number of amides is 1. The molecule has 0 radical (unpaired) electrons. The minimum absolute atomic E-state index is 0.0215. The summed E-state index contributed by atoms with van der Waals surface area (Å²) in [7, 11) is 0. The average Bonchev–Trinajstić information content (AvgIpc) is 3.38. The number of hydrogen-bond acceptors (Lipinski definition) is 4. The lowest BCUT2D eigenvalue weighted by Gasteiger charge is -2.32. The van der Waals surface area contributed by atoms with Gasteiger partial charge in [-0.05, 0) is 49.4 Å². The third-order valence-corrected chi connectivity index (χ3v) is 4.19. The van der Waals surface area contributed by atoms with Gasteiger partial charge in [0, 0.05) is 18.8 Å². The summed E-state index contributed by atoms with van der Waals surface area (Å²) in [4.78, 5) is 12.3. The molecule has 24 heavy (non-hydrogen) atoms. The van der Waals surface area contributed by atoms with Crippen molar-refractivity contribution in [2.45, 2.75) is 38.0 Å². The second kappa shape index (κ2) is 7.90. The lowest BCUT2D eigenvalue weighted by Crippen LogP contribution is -2.50. The van der Waals surface area contributed by atoms with Gasteiger partial charge < -0.3 is 19.5 Å². The molecule has 0 spiro atoms. The van der Waals surface area contributed by atoms with E-state index in [2.05, 4.69) is 10.1 Å². The van der Waals surface area contributed by atoms with Crippen molar-refractivity contribution in [3.8, 4) is 5.75 Å². The number of hydrogen-bond donors (Lipinski definition) is 1. The fraction of sp³-hybridized carbons (Fsp3) is 0.588. The quantitative estimate of drug-likeness (QED) is 0.828. The Kier molecular flexibility index (Phi) is 5.63. The molecule has 1 aliphatic carbocycles. The van der Waals surface area contributed by atoms with Crippen molar-refractivity contribution in [2.24, 2.45) is 5.92 Å². The van der Waals surface area contributed by atoms with Gasteiger partial charge in [0.25, 0.3) is 5.91 Å². The van der Waals surface area contributed by atoms with Gasteiger partial charge in [0.05, 0.1) is 18.8 Å². The molecule has 1 aliphatic heterocycles. The summed E-state index contributed by atoms with van der Waals surface area (Å²) in [5, 5.41) is 2.91. The molecule has 0 bridgehead atoms. The van der Waals surface area contributed by atoms with Crippen molar-refractivity contribution < 1.29 is 27.8 Å². The van der Waals surface area contributed by atoms with Crippen LogP contribution in [0.5, 0.6) is 5.75 Å². The lowest BCUT2D eigenvalue weighted by molar-refractivity contribution is -0.0567. The zero-order valence-electron chi connectivity index (χ0n) is 13.3. The minimum Gasteiger partial charge on any atom is -0.435 e. The molecule has 5 nitrogen and oxygen atoms in total. The van der Waals surface area contributed by atoms with Crippen LogP contribution in [0, 0.1) is 5.92 Å². The maximum atomic E-state index is 12.3. The molecule has 1 N–H and O–H groups in total. The van der Waals surface area contributed by atoms with Crippen LogP contribution in [0.25, 0.3) is 0 Å². The van der Waals surface area contributed by atoms with Crippen molar-refractivity contribution in [1.82, 2.24) is 5.32 Å². The molecule has 0 aromatic heterocycles. The highest BCUT2D eigenvalue weighted by Gasteiger charge is 2.30. The fourth-order valence-corrected chi connectivity index (χ4v) is 2.64. The molecule has 132 valence electrons. The predicted octanol–water partition coefficient (Wildman–Crippen LogP) is 2.60. The molecular formula is C17H21F2NO4. The first-order valence-electron chi connectivity index (χ1n) is 8.17. The van der Waals surface area contributed by atoms with E-state index < -0.39 is 6.61 Å². The molecule has 7 heteroatoms. The molecule has 1 aromatic rings. The van der Waals surface area contributed by atoms with Crippen molar-refractivity contribution in [3.63, 3.8) is 0 Å². The standard InChI is InChI=1S/C17H21F2NO4/c18-17(19)24-13-5-3-12(4-6-13)16(21)20-14-10-22-8-7-15(14)23-9-11-1-2-11/h3-6,11,14-15,17H,1-2,7-10H2,(H,20,21)/t14-,15+/m1/s1. The van der Waals surface area contributed by atoms with E-state index in [0.29, 0.717) is 24.7 Å². The highest BCUT2D eigenvalue weighted by atomic mass is 19.3. The first kappa shape index (κ1) is 17.1. The van der Waals surface area contributed by atoms with Gasteiger partial charge in [-0.15, -0.1) is 0 Å². The Labute approximate surface area is 139 Å². The SMILES string of the molecule is O=C(N[C@@H]1COCC[C@@H]1OCC1CC1)c1ccc(OC(F)F)cc1. The Morgan fingerprint density at radius 1 is 1.25 bits per heavy atom. The number of alkyl halides is 2. The molecule has 0 unspecified atom stereocenters. The highest BCUT2D eigenvalue weighted by molar-refractivity contribution is 5.94. The van der Waals surface area contributed by atoms with E-state index in [1.807, 2.05) is 0 Å². The molecule has 1 saturated heterocycles. The normalized spacial score (nSPS) is 24.0. The maximum Gasteiger partial charge on any atom is 0.387 e. The number of carbonyl (C=O) groups excluding carboxylic acids is 1. The van der Waals surface area contributed by atoms with Crippen LogP contribution in [-0.2, 0) is 9.47 Å². The van der Waals surface area contributed by atoms with E-state index in [0.717, 1.165) is 13.0 Å². The topological polar surface area (TPSA) is 56.8 Å². The third-order valence-electron chi connectivity index (χ3n) is 4.19. The van der Waals surface area contributed by atoms with Gasteiger partial charge >= 0.3 is 6.61 Å². The zero-order chi connectivity index (χ0) is 16.9. The Morgan fingerprint density at radius 2 is 2.00 bits per heavy atom. The number of benzene rings is 1. The minimum atomic E-state index is -2.88. The summed E-state index contributed by atoms with van der Waals surface area (Å²) >= 11 is 0. The number of carbonyl (C=O) groups is 1. The Hall–Kier alpha value is -1.73. The van der Waals surface area contributed by atoms with E-state index >= 15 is 0 Å². The molecule has 1 heterocycles. The second-order valence-electron chi connectivity index (χ2n) is 6.16. The summed E-state index contributed by atoms with van der Waals surface area (Å²) < 4.78 is 39.9. The van der Waals surface area contributed by atoms with Crippen LogP contribution in [-0.4, -0.2) is 44.5 Å². The first-order valence-corrected chi connectivity index (χ1v) is 8.17. The van der Waals surface area contributed by atoms with Gasteiger partial charge in [0.2, 0.25) is 0 Å². The van der Waals surface area contributed by atoms with Gasteiger partial charge in [-0.25, -0.2) is 0 Å². The zero-order valence-corrected chi connectivity index (χ0v) is 13.3. The molecular weight excluding hydrogens is 320 g/mol. The molecule has 2 aliphatic rings. The van der Waals surface area contributed by atoms with Crippen molar-refractivity contribution >= 4 is 5.91 Å². The Balaban J connectivity index is 1.55. The number of nitrogens with one attached hydrogen (secondary N) is 1. The summed E-state index contributed by atoms with van der Waals surface area (Å²) in [6.45, 7) is -1.11. The van der Waals surface area contributed by atoms with Crippen LogP contribution in [0.1, 0.15) is 29.6 Å². The molecule has 1 amide bonds. The van der Waals surface area contributed by atoms with E-state index in [-0.39, 0.29) is 23.8 Å². The van der Waals surface area contributed by atoms with Crippen molar-refractivity contribution in [3.05, 3.63) is 29.8 Å². The summed E-state index contributed by atoms with van der Waals surface area (Å²) in [5.74, 6) is 0.397. The van der Waals surface area contributed by atoms with Gasteiger partial charge in [0.1, 0.15) is 5.75 Å². The number of ether oxygens (including phenoxy) is 3. The highest BCUT2D eigenvalue weighted by Crippen LogP contribution is 2.30. The molecule has 1 aromatic carbocycles. The average molecular weight is 341 g/mol. The van der Waals surface area contributed by atoms with Crippen LogP contribution in [0.3, 0.4) is 0 Å². The van der Waals surface area contributed by atoms with Crippen molar-refractivity contribution in [1.29, 1.82) is 0 Å². The second-order valence-corrected chi connectivity index (χ2v) is 6.16. The molecule has 3 rings (SSSR count). The monoisotopic (exact) mass is 341 g/mol. The molecule has 1 saturated carbocycles. The van der Waals surface area contributed by atoms with Crippen LogP contribution in [0.4, 0.5) is 8.78 Å². The number of rotatable bonds is 7. The van der Waals surface area contributed by atoms with E-state index in [1.165, 1.54) is 37.1 Å². The predicted molar refractivity (Wildman–Crippen MR) is 82.2 cm³/mol. The van der Waals surface area contributed by atoms with Gasteiger partial charge in [-0.3, -0.25) is 4.79 Å². The fourth-order valence-electron chi connectivity index (χ4n) is 2.64. The first-order chi connectivity index (χ1) is 11.6. The molecule has 2 atom stereocenters. The molecule has 2 fully saturated rings. The van der Waals surface area contributed by atoms with Crippen LogP contribution in [0.15, 0.2) is 24.3 Å². The van der Waals surface area contributed by atoms with Crippen LogP contribution >= 0.6 is 0 Å². The summed E-state index contributed by atoms with van der Waals surface area (Å²) in [5.41, 5.74) is 0.378. The van der Waals surface area contributed by atoms with Gasteiger partial charge in [-0.1, -0.05) is 0 Å². The summed E-state index contributed by atoms with van der Waals surface area (Å²) in [6.07, 6.45) is 3.13. The Morgan fingerprint density at radius 3 is 2.67 bits per heavy atom. The Bertz CT molecular complexity index is 548. The maximum absolute atomic E-state index is 12.3. The van der Waals surface area contributed by atoms with E-state index in [4.69, 9.17) is 9.47 Å². The summed E-state index contributed by atoms with van der Waals surface area (Å²) in [6, 6.07) is 5.40. The van der Waals surface area contributed by atoms with E-state index in [1.54, 1.807) is 0 Å². The number of halogens is 2. The van der Waals surface area contributed by atoms with Gasteiger partial charge in [-0.2, -0.15) is 8.78 Å². The smallest absolute Gasteiger partial charge is 0.387 e. The van der Waals surface area contributed by atoms with Crippen LogP contribution in [0.2, 0.25) is 0 Å². The van der Waals surface area contributed by atoms with E-state index in [9.17, 15) is 13.6 Å². The lowest BCUT2D eigenvalue weighted by atomic mass is 10.1. The van der Waals surface area contributed by atoms with Crippen LogP contribution < -0.4 is 10.1 Å². The largest absolute Gasteiger partial charge is 0.435 e.